The molecule has 0 aromatic rings. The van der Waals surface area contributed by atoms with E-state index in [4.69, 9.17) is 9.84 Å². The summed E-state index contributed by atoms with van der Waals surface area (Å²) < 4.78 is 5.98. The zero-order valence-electron chi connectivity index (χ0n) is 18.1. The molecule has 158 valence electrons. The first-order chi connectivity index (χ1) is 12.7. The Labute approximate surface area is 163 Å². The minimum Gasteiger partial charge on any atom is -0.394 e. The van der Waals surface area contributed by atoms with Gasteiger partial charge in [0.05, 0.1) is 19.3 Å². The first-order valence-electron chi connectivity index (χ1n) is 11.6. The lowest BCUT2D eigenvalue weighted by Gasteiger charge is -2.25. The Balaban J connectivity index is 3.95. The van der Waals surface area contributed by atoms with E-state index in [0.717, 1.165) is 6.42 Å². The van der Waals surface area contributed by atoms with Crippen molar-refractivity contribution in [2.75, 3.05) is 13.2 Å². The molecule has 0 aliphatic heterocycles. The molecule has 26 heavy (non-hydrogen) atoms. The van der Waals surface area contributed by atoms with Crippen molar-refractivity contribution >= 4 is 0 Å². The summed E-state index contributed by atoms with van der Waals surface area (Å²) in [5.74, 6) is 0.534. The van der Waals surface area contributed by atoms with Gasteiger partial charge in [-0.2, -0.15) is 0 Å². The van der Waals surface area contributed by atoms with Crippen LogP contribution < -0.4 is 0 Å². The van der Waals surface area contributed by atoms with E-state index in [1.165, 1.54) is 89.9 Å². The highest BCUT2D eigenvalue weighted by Gasteiger charge is 2.18. The number of hydrogen-bond acceptors (Lipinski definition) is 3. The van der Waals surface area contributed by atoms with E-state index >= 15 is 0 Å². The van der Waals surface area contributed by atoms with Gasteiger partial charge < -0.3 is 14.9 Å². The average Bonchev–Trinajstić information content (AvgIpc) is 2.65. The molecule has 0 aromatic heterocycles. The van der Waals surface area contributed by atoms with Gasteiger partial charge in [-0.05, 0) is 18.8 Å². The molecule has 0 heterocycles. The van der Waals surface area contributed by atoms with E-state index in [0.29, 0.717) is 5.92 Å². The second kappa shape index (κ2) is 19.6. The van der Waals surface area contributed by atoms with Gasteiger partial charge in [0.25, 0.3) is 0 Å². The highest BCUT2D eigenvalue weighted by molar-refractivity contribution is 4.69. The summed E-state index contributed by atoms with van der Waals surface area (Å²) in [6.45, 7) is 6.85. The summed E-state index contributed by atoms with van der Waals surface area (Å²) in [4.78, 5) is 0. The monoisotopic (exact) mass is 372 g/mol. The Morgan fingerprint density at radius 1 is 0.692 bits per heavy atom. The predicted octanol–water partition coefficient (Wildman–Crippen LogP) is 6.25. The third-order valence-corrected chi connectivity index (χ3v) is 5.45. The molecule has 0 aliphatic rings. The van der Waals surface area contributed by atoms with Crippen LogP contribution in [0.2, 0.25) is 0 Å². The number of unbranched alkanes of at least 4 members (excludes halogenated alkanes) is 11. The van der Waals surface area contributed by atoms with E-state index in [1.54, 1.807) is 0 Å². The first kappa shape index (κ1) is 25.9. The van der Waals surface area contributed by atoms with Gasteiger partial charge in [-0.1, -0.05) is 104 Å². The van der Waals surface area contributed by atoms with Crippen LogP contribution in [0, 0.1) is 5.92 Å². The molecule has 0 amide bonds. The second-order valence-electron chi connectivity index (χ2n) is 8.15. The molecule has 0 spiro atoms. The molecule has 0 rings (SSSR count). The second-order valence-corrected chi connectivity index (χ2v) is 8.15. The van der Waals surface area contributed by atoms with Crippen molar-refractivity contribution in [2.45, 2.75) is 129 Å². The molecule has 0 saturated heterocycles. The highest BCUT2D eigenvalue weighted by Crippen LogP contribution is 2.22. The van der Waals surface area contributed by atoms with E-state index in [-0.39, 0.29) is 19.3 Å². The van der Waals surface area contributed by atoms with Crippen LogP contribution in [0.5, 0.6) is 0 Å². The minimum absolute atomic E-state index is 0.213. The molecular weight excluding hydrogens is 324 g/mol. The fourth-order valence-corrected chi connectivity index (χ4v) is 3.55. The number of ether oxygens (including phenoxy) is 1. The summed E-state index contributed by atoms with van der Waals surface area (Å²) in [5, 5.41) is 18.6. The maximum absolute atomic E-state index is 9.59. The van der Waals surface area contributed by atoms with Crippen molar-refractivity contribution in [3.63, 3.8) is 0 Å². The maximum atomic E-state index is 9.59. The molecule has 0 saturated carbocycles. The normalized spacial score (nSPS) is 15.1. The molecule has 0 aliphatic carbocycles. The Kier molecular flexibility index (Phi) is 19.5. The number of hydrogen-bond donors (Lipinski definition) is 2. The minimum atomic E-state index is -0.743. The number of aliphatic hydroxyl groups is 2. The van der Waals surface area contributed by atoms with Gasteiger partial charge in [-0.15, -0.1) is 0 Å². The average molecular weight is 373 g/mol. The lowest BCUT2D eigenvalue weighted by molar-refractivity contribution is -0.0514. The van der Waals surface area contributed by atoms with Crippen LogP contribution in [0.25, 0.3) is 0 Å². The van der Waals surface area contributed by atoms with E-state index in [9.17, 15) is 5.11 Å². The largest absolute Gasteiger partial charge is 0.394 e. The van der Waals surface area contributed by atoms with Crippen LogP contribution in [0.4, 0.5) is 0 Å². The van der Waals surface area contributed by atoms with Gasteiger partial charge in [0.15, 0.2) is 0 Å². The Morgan fingerprint density at radius 2 is 1.15 bits per heavy atom. The molecule has 3 heteroatoms. The summed E-state index contributed by atoms with van der Waals surface area (Å²) in [6, 6.07) is 0. The Hall–Kier alpha value is -0.120. The standard InChI is InChI=1S/C23H48O3/c1-4-6-8-10-11-12-13-14-16-18-23(26-20-22(25)19-24)21(3)17-15-9-7-5-2/h21-25H,4-20H2,1-3H3. The third-order valence-electron chi connectivity index (χ3n) is 5.45. The van der Waals surface area contributed by atoms with Gasteiger partial charge in [0, 0.05) is 0 Å². The molecule has 0 aromatic carbocycles. The molecule has 0 fully saturated rings. The maximum Gasteiger partial charge on any atom is 0.100 e. The first-order valence-corrected chi connectivity index (χ1v) is 11.6. The molecule has 0 radical (unpaired) electrons. The molecular formula is C23H48O3. The Bertz CT molecular complexity index is 270. The lowest BCUT2D eigenvalue weighted by Crippen LogP contribution is -2.28. The van der Waals surface area contributed by atoms with Gasteiger partial charge in [0.1, 0.15) is 6.10 Å². The van der Waals surface area contributed by atoms with Crippen LogP contribution >= 0.6 is 0 Å². The SMILES string of the molecule is CCCCCCCCCCCC(OCC(O)CO)C(C)CCCCCC. The van der Waals surface area contributed by atoms with Crippen molar-refractivity contribution in [1.29, 1.82) is 0 Å². The molecule has 3 unspecified atom stereocenters. The third kappa shape index (κ3) is 16.1. The smallest absolute Gasteiger partial charge is 0.100 e. The fourth-order valence-electron chi connectivity index (χ4n) is 3.55. The lowest BCUT2D eigenvalue weighted by atomic mass is 9.93. The summed E-state index contributed by atoms with van der Waals surface area (Å²) in [5.41, 5.74) is 0. The zero-order chi connectivity index (χ0) is 19.5. The van der Waals surface area contributed by atoms with Crippen LogP contribution in [-0.2, 0) is 4.74 Å². The van der Waals surface area contributed by atoms with Crippen LogP contribution in [0.3, 0.4) is 0 Å². The highest BCUT2D eigenvalue weighted by atomic mass is 16.5. The van der Waals surface area contributed by atoms with Crippen LogP contribution in [0.1, 0.15) is 117 Å². The van der Waals surface area contributed by atoms with Crippen molar-refractivity contribution in [1.82, 2.24) is 0 Å². The van der Waals surface area contributed by atoms with Gasteiger partial charge in [-0.25, -0.2) is 0 Å². The van der Waals surface area contributed by atoms with Gasteiger partial charge >= 0.3 is 0 Å². The van der Waals surface area contributed by atoms with Crippen LogP contribution in [-0.4, -0.2) is 35.6 Å². The van der Waals surface area contributed by atoms with Crippen molar-refractivity contribution < 1.29 is 14.9 Å². The van der Waals surface area contributed by atoms with Crippen LogP contribution in [0.15, 0.2) is 0 Å². The topological polar surface area (TPSA) is 49.7 Å². The molecule has 3 atom stereocenters. The van der Waals surface area contributed by atoms with Crippen molar-refractivity contribution in [2.24, 2.45) is 5.92 Å². The summed E-state index contributed by atoms with van der Waals surface area (Å²) in [7, 11) is 0. The van der Waals surface area contributed by atoms with E-state index < -0.39 is 6.10 Å². The van der Waals surface area contributed by atoms with E-state index in [2.05, 4.69) is 20.8 Å². The zero-order valence-corrected chi connectivity index (χ0v) is 18.1. The van der Waals surface area contributed by atoms with Crippen molar-refractivity contribution in [3.05, 3.63) is 0 Å². The predicted molar refractivity (Wildman–Crippen MR) is 113 cm³/mol. The molecule has 3 nitrogen and oxygen atoms in total. The summed E-state index contributed by atoms with van der Waals surface area (Å²) in [6.07, 6.45) is 19.0. The molecule has 2 N–H and O–H groups in total. The Morgan fingerprint density at radius 3 is 1.69 bits per heavy atom. The van der Waals surface area contributed by atoms with Gasteiger partial charge in [-0.3, -0.25) is 0 Å². The fraction of sp³-hybridized carbons (Fsp3) is 1.00. The quantitative estimate of drug-likeness (QED) is 0.248. The number of aliphatic hydroxyl groups excluding tert-OH is 2. The van der Waals surface area contributed by atoms with E-state index in [1.807, 2.05) is 0 Å². The van der Waals surface area contributed by atoms with Crippen molar-refractivity contribution in [3.8, 4) is 0 Å². The van der Waals surface area contributed by atoms with Gasteiger partial charge in [0.2, 0.25) is 0 Å². The summed E-state index contributed by atoms with van der Waals surface area (Å²) >= 11 is 0. The number of rotatable bonds is 20. The molecule has 0 bridgehead atoms.